The van der Waals surface area contributed by atoms with Crippen LogP contribution in [0.5, 0.6) is 5.75 Å². The van der Waals surface area contributed by atoms with Gasteiger partial charge in [0.05, 0.1) is 6.54 Å². The maximum Gasteiger partial charge on any atom is 0.245 e. The molecule has 0 aliphatic heterocycles. The second kappa shape index (κ2) is 16.7. The molecule has 0 heterocycles. The number of carbonyl (C=O) groups excluding carboxylic acids is 4. The number of amides is 4. The van der Waals surface area contributed by atoms with Crippen LogP contribution in [0.3, 0.4) is 0 Å². The Hall–Kier alpha value is -5.34. The lowest BCUT2D eigenvalue weighted by molar-refractivity contribution is -0.133. The first kappa shape index (κ1) is 32.9. The Kier molecular flexibility index (Phi) is 13.1. The van der Waals surface area contributed by atoms with Crippen molar-refractivity contribution in [3.63, 3.8) is 0 Å². The van der Waals surface area contributed by atoms with E-state index in [2.05, 4.69) is 25.9 Å². The number of benzene rings is 2. The second-order valence-electron chi connectivity index (χ2n) is 9.39. The van der Waals surface area contributed by atoms with Crippen molar-refractivity contribution in [2.75, 3.05) is 13.1 Å². The van der Waals surface area contributed by atoms with Crippen molar-refractivity contribution in [1.82, 2.24) is 16.0 Å². The van der Waals surface area contributed by atoms with Gasteiger partial charge in [0.15, 0.2) is 11.9 Å². The summed E-state index contributed by atoms with van der Waals surface area (Å²) in [6, 6.07) is 11.7. The van der Waals surface area contributed by atoms with Crippen LogP contribution in [0, 0.1) is 0 Å². The van der Waals surface area contributed by atoms with Crippen LogP contribution in [0.15, 0.2) is 64.6 Å². The molecule has 226 valence electrons. The van der Waals surface area contributed by atoms with Crippen molar-refractivity contribution >= 4 is 35.5 Å². The summed E-state index contributed by atoms with van der Waals surface area (Å²) in [6.45, 7) is -0.241. The minimum atomic E-state index is -1.13. The van der Waals surface area contributed by atoms with E-state index in [1.54, 1.807) is 42.5 Å². The highest BCUT2D eigenvalue weighted by atomic mass is 16.3. The normalized spacial score (nSPS) is 12.6. The largest absolute Gasteiger partial charge is 0.508 e. The molecule has 15 nitrogen and oxygen atoms in total. The molecule has 0 unspecified atom stereocenters. The number of aliphatic imine (C=N–C) groups is 2. The van der Waals surface area contributed by atoms with Crippen molar-refractivity contribution in [3.05, 3.63) is 65.7 Å². The zero-order valence-electron chi connectivity index (χ0n) is 23.0. The Morgan fingerprint density at radius 1 is 0.738 bits per heavy atom. The number of nitrogens with one attached hydrogen (secondary N) is 3. The summed E-state index contributed by atoms with van der Waals surface area (Å²) < 4.78 is 0. The number of aromatic hydroxyl groups is 1. The number of carbonyl (C=O) groups is 4. The molecule has 14 N–H and O–H groups in total. The van der Waals surface area contributed by atoms with Crippen molar-refractivity contribution in [3.8, 4) is 5.75 Å². The lowest BCUT2D eigenvalue weighted by Gasteiger charge is -2.24. The molecular formula is C27H38N10O5. The standard InChI is InChI=1S/C27H38N10O5/c28-22(39)15-34-23(40)20(13-16-5-2-1-3-6-16)36-24(41)19(7-4-12-33-26(29)30)35-25(42)21(37-27(31)32)14-17-8-10-18(38)11-9-17/h1-3,5-6,8-11,19-21,38H,4,7,12-15H2,(H2,28,39)(H,34,40)(H,35,42)(H,36,41)(H4,29,30,33)(H4,31,32,37)/t19-,20+,21+/m1/s1. The number of hydrogen-bond acceptors (Lipinski definition) is 7. The summed E-state index contributed by atoms with van der Waals surface area (Å²) in [5.41, 5.74) is 28.4. The van der Waals surface area contributed by atoms with E-state index >= 15 is 0 Å². The minimum Gasteiger partial charge on any atom is -0.508 e. The van der Waals surface area contributed by atoms with E-state index in [-0.39, 0.29) is 43.5 Å². The third-order valence-corrected chi connectivity index (χ3v) is 5.90. The van der Waals surface area contributed by atoms with Crippen molar-refractivity contribution in [1.29, 1.82) is 0 Å². The van der Waals surface area contributed by atoms with E-state index in [4.69, 9.17) is 28.7 Å². The van der Waals surface area contributed by atoms with Gasteiger partial charge in [-0.05, 0) is 36.1 Å². The smallest absolute Gasteiger partial charge is 0.245 e. The summed E-state index contributed by atoms with van der Waals surface area (Å²) in [5.74, 6) is -3.14. The molecule has 0 fully saturated rings. The molecule has 0 saturated heterocycles. The van der Waals surface area contributed by atoms with Gasteiger partial charge in [-0.2, -0.15) is 0 Å². The molecule has 2 aromatic rings. The number of nitrogens with zero attached hydrogens (tertiary/aromatic N) is 2. The number of nitrogens with two attached hydrogens (primary N) is 5. The lowest BCUT2D eigenvalue weighted by atomic mass is 10.0. The van der Waals surface area contributed by atoms with Gasteiger partial charge >= 0.3 is 0 Å². The maximum atomic E-state index is 13.5. The molecule has 0 spiro atoms. The number of guanidine groups is 2. The third-order valence-electron chi connectivity index (χ3n) is 5.90. The Balaban J connectivity index is 2.28. The van der Waals surface area contributed by atoms with Crippen LogP contribution in [0.25, 0.3) is 0 Å². The van der Waals surface area contributed by atoms with Gasteiger partial charge in [-0.15, -0.1) is 0 Å². The predicted molar refractivity (Wildman–Crippen MR) is 158 cm³/mol. The average molecular weight is 583 g/mol. The van der Waals surface area contributed by atoms with Crippen LogP contribution in [-0.4, -0.2) is 71.9 Å². The fourth-order valence-electron chi connectivity index (χ4n) is 3.90. The molecule has 2 aromatic carbocycles. The van der Waals surface area contributed by atoms with Crippen LogP contribution in [0.4, 0.5) is 0 Å². The Bertz CT molecular complexity index is 1260. The fraction of sp³-hybridized carbons (Fsp3) is 0.333. The van der Waals surface area contributed by atoms with E-state index < -0.39 is 48.3 Å². The number of phenolic OH excluding ortho intramolecular Hbond substituents is 1. The highest BCUT2D eigenvalue weighted by Gasteiger charge is 2.29. The molecule has 0 aromatic heterocycles. The predicted octanol–water partition coefficient (Wildman–Crippen LogP) is -2.56. The fourth-order valence-corrected chi connectivity index (χ4v) is 3.90. The van der Waals surface area contributed by atoms with Gasteiger partial charge < -0.3 is 49.7 Å². The molecule has 0 radical (unpaired) electrons. The van der Waals surface area contributed by atoms with E-state index in [1.165, 1.54) is 12.1 Å². The number of hydrogen-bond donors (Lipinski definition) is 9. The van der Waals surface area contributed by atoms with E-state index in [0.29, 0.717) is 12.0 Å². The molecular weight excluding hydrogens is 544 g/mol. The van der Waals surface area contributed by atoms with Gasteiger partial charge in [0.2, 0.25) is 23.6 Å². The Morgan fingerprint density at radius 3 is 1.95 bits per heavy atom. The molecule has 15 heteroatoms. The van der Waals surface area contributed by atoms with Crippen LogP contribution in [-0.2, 0) is 32.0 Å². The summed E-state index contributed by atoms with van der Waals surface area (Å²) in [5, 5.41) is 17.3. The van der Waals surface area contributed by atoms with Crippen LogP contribution < -0.4 is 44.6 Å². The first-order valence-corrected chi connectivity index (χ1v) is 13.1. The maximum absolute atomic E-state index is 13.5. The molecule has 0 aliphatic carbocycles. The second-order valence-corrected chi connectivity index (χ2v) is 9.39. The Morgan fingerprint density at radius 2 is 1.36 bits per heavy atom. The third kappa shape index (κ3) is 12.2. The van der Waals surface area contributed by atoms with Gasteiger partial charge in [-0.1, -0.05) is 42.5 Å². The summed E-state index contributed by atoms with van der Waals surface area (Å²) in [6.07, 6.45) is 0.573. The van der Waals surface area contributed by atoms with Crippen LogP contribution >= 0.6 is 0 Å². The first-order valence-electron chi connectivity index (χ1n) is 13.1. The number of primary amides is 1. The zero-order chi connectivity index (χ0) is 31.1. The van der Waals surface area contributed by atoms with Crippen molar-refractivity contribution in [2.24, 2.45) is 38.7 Å². The van der Waals surface area contributed by atoms with Gasteiger partial charge in [0.1, 0.15) is 23.9 Å². The molecule has 0 saturated carbocycles. The zero-order valence-corrected chi connectivity index (χ0v) is 23.0. The molecule has 0 aliphatic rings. The van der Waals surface area contributed by atoms with Crippen LogP contribution in [0.1, 0.15) is 24.0 Å². The van der Waals surface area contributed by atoms with Gasteiger partial charge in [-0.3, -0.25) is 24.2 Å². The molecule has 42 heavy (non-hydrogen) atoms. The van der Waals surface area contributed by atoms with Crippen molar-refractivity contribution < 1.29 is 24.3 Å². The first-order chi connectivity index (χ1) is 19.9. The van der Waals surface area contributed by atoms with Gasteiger partial charge in [-0.25, -0.2) is 4.99 Å². The summed E-state index contributed by atoms with van der Waals surface area (Å²) >= 11 is 0. The quantitative estimate of drug-likeness (QED) is 0.0571. The molecule has 4 amide bonds. The monoisotopic (exact) mass is 582 g/mol. The summed E-state index contributed by atoms with van der Waals surface area (Å²) in [7, 11) is 0. The average Bonchev–Trinajstić information content (AvgIpc) is 2.93. The number of phenols is 1. The molecule has 0 bridgehead atoms. The highest BCUT2D eigenvalue weighted by molar-refractivity contribution is 5.94. The topological polar surface area (TPSA) is 279 Å². The SMILES string of the molecule is NC(=O)CNC(=O)[C@H](Cc1ccccc1)NC(=O)[C@@H](CCCN=C(N)N)NC(=O)[C@H](Cc1ccc(O)cc1)N=C(N)N. The van der Waals surface area contributed by atoms with Crippen LogP contribution in [0.2, 0.25) is 0 Å². The van der Waals surface area contributed by atoms with Crippen molar-refractivity contribution in [2.45, 2.75) is 43.8 Å². The van der Waals surface area contributed by atoms with Gasteiger partial charge in [0.25, 0.3) is 0 Å². The van der Waals surface area contributed by atoms with E-state index in [1.807, 2.05) is 0 Å². The summed E-state index contributed by atoms with van der Waals surface area (Å²) in [4.78, 5) is 58.9. The van der Waals surface area contributed by atoms with E-state index in [0.717, 1.165) is 5.56 Å². The van der Waals surface area contributed by atoms with Gasteiger partial charge in [0, 0.05) is 19.4 Å². The van der Waals surface area contributed by atoms with E-state index in [9.17, 15) is 24.3 Å². The minimum absolute atomic E-state index is 0.0454. The highest BCUT2D eigenvalue weighted by Crippen LogP contribution is 2.13. The molecule has 3 atom stereocenters. The number of rotatable bonds is 16. The lowest BCUT2D eigenvalue weighted by Crippen LogP contribution is -2.56. The molecule has 2 rings (SSSR count). The Labute approximate surface area is 243 Å².